The molecular formula is C7H3BrCl3N3. The van der Waals surface area contributed by atoms with E-state index in [0.717, 1.165) is 4.47 Å². The number of aromatic nitrogens is 3. The smallest absolute Gasteiger partial charge is 0.248 e. The van der Waals surface area contributed by atoms with Crippen LogP contribution in [0.5, 0.6) is 0 Å². The number of pyridine rings is 1. The molecular weight excluding hydrogens is 312 g/mol. The van der Waals surface area contributed by atoms with Crippen molar-refractivity contribution in [3.8, 4) is 0 Å². The van der Waals surface area contributed by atoms with Gasteiger partial charge in [-0.05, 0) is 22.0 Å². The van der Waals surface area contributed by atoms with Gasteiger partial charge < -0.3 is 4.98 Å². The van der Waals surface area contributed by atoms with E-state index in [0.29, 0.717) is 11.2 Å². The van der Waals surface area contributed by atoms with Gasteiger partial charge in [-0.3, -0.25) is 0 Å². The van der Waals surface area contributed by atoms with Gasteiger partial charge in [-0.15, -0.1) is 0 Å². The molecule has 0 amide bonds. The second-order valence-electron chi connectivity index (χ2n) is 2.60. The van der Waals surface area contributed by atoms with Crippen molar-refractivity contribution in [2.45, 2.75) is 3.79 Å². The molecule has 0 bridgehead atoms. The number of rotatable bonds is 0. The first-order valence-electron chi connectivity index (χ1n) is 3.55. The lowest BCUT2D eigenvalue weighted by atomic mass is 10.4. The van der Waals surface area contributed by atoms with Crippen LogP contribution in [0.1, 0.15) is 5.82 Å². The monoisotopic (exact) mass is 313 g/mol. The second-order valence-corrected chi connectivity index (χ2v) is 5.80. The van der Waals surface area contributed by atoms with Crippen LogP contribution in [-0.4, -0.2) is 15.0 Å². The third-order valence-corrected chi connectivity index (χ3v) is 2.54. The summed E-state index contributed by atoms with van der Waals surface area (Å²) in [7, 11) is 0. The maximum absolute atomic E-state index is 5.67. The van der Waals surface area contributed by atoms with Gasteiger partial charge in [-0.2, -0.15) is 0 Å². The number of H-pyrrole nitrogens is 1. The molecule has 0 saturated heterocycles. The molecule has 0 aliphatic rings. The summed E-state index contributed by atoms with van der Waals surface area (Å²) in [6, 6.07) is 1.79. The molecule has 0 radical (unpaired) electrons. The molecule has 3 nitrogen and oxygen atoms in total. The quantitative estimate of drug-likeness (QED) is 0.755. The summed E-state index contributed by atoms with van der Waals surface area (Å²) in [5.41, 5.74) is 1.25. The van der Waals surface area contributed by atoms with Crippen molar-refractivity contribution in [3.05, 3.63) is 22.6 Å². The van der Waals surface area contributed by atoms with Crippen LogP contribution in [-0.2, 0) is 3.79 Å². The lowest BCUT2D eigenvalue weighted by Gasteiger charge is -2.04. The standard InChI is InChI=1S/C7H3BrCl3N3/c8-3-1-4-5(12-2-3)14-6(13-4)7(9,10)11/h1-2H,(H,12,13,14). The normalized spacial score (nSPS) is 12.3. The molecule has 2 aromatic rings. The second kappa shape index (κ2) is 3.52. The third-order valence-electron chi connectivity index (χ3n) is 1.57. The first kappa shape index (κ1) is 10.5. The lowest BCUT2D eigenvalue weighted by Crippen LogP contribution is -2.02. The van der Waals surface area contributed by atoms with E-state index in [1.807, 2.05) is 0 Å². The van der Waals surface area contributed by atoms with Gasteiger partial charge in [0.05, 0.1) is 0 Å². The fraction of sp³-hybridized carbons (Fsp3) is 0.143. The first-order valence-corrected chi connectivity index (χ1v) is 5.48. The molecule has 0 aromatic carbocycles. The van der Waals surface area contributed by atoms with Gasteiger partial charge in [-0.25, -0.2) is 9.97 Å². The minimum absolute atomic E-state index is 0.267. The van der Waals surface area contributed by atoms with Crippen LogP contribution in [0.25, 0.3) is 11.2 Å². The maximum Gasteiger partial charge on any atom is 0.248 e. The number of alkyl halides is 3. The van der Waals surface area contributed by atoms with Gasteiger partial charge in [0.2, 0.25) is 3.79 Å². The van der Waals surface area contributed by atoms with E-state index in [2.05, 4.69) is 30.9 Å². The van der Waals surface area contributed by atoms with Crippen LogP contribution in [0.15, 0.2) is 16.7 Å². The number of nitrogens with zero attached hydrogens (tertiary/aromatic N) is 2. The average Bonchev–Trinajstić information content (AvgIpc) is 2.45. The molecule has 2 aromatic heterocycles. The Labute approximate surface area is 103 Å². The molecule has 2 rings (SSSR count). The molecule has 0 saturated carbocycles. The Bertz CT molecular complexity index is 476. The molecule has 74 valence electrons. The Hall–Kier alpha value is -0.0300. The largest absolute Gasteiger partial charge is 0.323 e. The number of halogens is 4. The van der Waals surface area contributed by atoms with Gasteiger partial charge in [-0.1, -0.05) is 34.8 Å². The first-order chi connectivity index (χ1) is 6.47. The Kier molecular flexibility index (Phi) is 2.64. The van der Waals surface area contributed by atoms with E-state index in [9.17, 15) is 0 Å². The Morgan fingerprint density at radius 2 is 2.07 bits per heavy atom. The minimum Gasteiger partial charge on any atom is -0.323 e. The molecule has 0 spiro atoms. The number of hydrogen-bond acceptors (Lipinski definition) is 2. The summed E-state index contributed by atoms with van der Waals surface area (Å²) < 4.78 is -0.722. The Morgan fingerprint density at radius 1 is 1.36 bits per heavy atom. The van der Waals surface area contributed by atoms with Crippen LogP contribution in [0.4, 0.5) is 0 Å². The summed E-state index contributed by atoms with van der Waals surface area (Å²) in [5, 5.41) is 0. The van der Waals surface area contributed by atoms with Crippen LogP contribution in [0, 0.1) is 0 Å². The van der Waals surface area contributed by atoms with Gasteiger partial charge in [0, 0.05) is 10.7 Å². The van der Waals surface area contributed by atoms with Crippen LogP contribution >= 0.6 is 50.7 Å². The zero-order chi connectivity index (χ0) is 10.3. The Balaban J connectivity index is 2.63. The lowest BCUT2D eigenvalue weighted by molar-refractivity contribution is 1.04. The SMILES string of the molecule is ClC(Cl)(Cl)c1nc2cc(Br)cnc2[nH]1. The van der Waals surface area contributed by atoms with Gasteiger partial charge in [0.1, 0.15) is 5.52 Å². The van der Waals surface area contributed by atoms with Crippen LogP contribution in [0.2, 0.25) is 0 Å². The molecule has 0 fully saturated rings. The minimum atomic E-state index is -1.55. The van der Waals surface area contributed by atoms with E-state index >= 15 is 0 Å². The van der Waals surface area contributed by atoms with E-state index < -0.39 is 3.79 Å². The summed E-state index contributed by atoms with van der Waals surface area (Å²) >= 11 is 20.3. The molecule has 1 N–H and O–H groups in total. The molecule has 0 unspecified atom stereocenters. The predicted molar refractivity (Wildman–Crippen MR) is 60.8 cm³/mol. The molecule has 7 heteroatoms. The zero-order valence-corrected chi connectivity index (χ0v) is 10.4. The van der Waals surface area contributed by atoms with Gasteiger partial charge >= 0.3 is 0 Å². The molecule has 14 heavy (non-hydrogen) atoms. The number of aromatic amines is 1. The number of hydrogen-bond donors (Lipinski definition) is 1. The van der Waals surface area contributed by atoms with Crippen molar-refractivity contribution in [2.75, 3.05) is 0 Å². The molecule has 0 atom stereocenters. The molecule has 0 aliphatic heterocycles. The topological polar surface area (TPSA) is 41.6 Å². The van der Waals surface area contributed by atoms with E-state index in [-0.39, 0.29) is 5.82 Å². The van der Waals surface area contributed by atoms with Gasteiger partial charge in [0.25, 0.3) is 0 Å². The van der Waals surface area contributed by atoms with Crippen molar-refractivity contribution in [1.82, 2.24) is 15.0 Å². The van der Waals surface area contributed by atoms with Crippen LogP contribution < -0.4 is 0 Å². The maximum atomic E-state index is 5.67. The number of fused-ring (bicyclic) bond motifs is 1. The zero-order valence-electron chi connectivity index (χ0n) is 6.56. The average molecular weight is 315 g/mol. The number of imidazole rings is 1. The third kappa shape index (κ3) is 1.98. The van der Waals surface area contributed by atoms with Crippen molar-refractivity contribution in [3.63, 3.8) is 0 Å². The summed E-state index contributed by atoms with van der Waals surface area (Å²) in [6.07, 6.45) is 1.64. The van der Waals surface area contributed by atoms with Crippen molar-refractivity contribution < 1.29 is 0 Å². The molecule has 0 aliphatic carbocycles. The fourth-order valence-corrected chi connectivity index (χ4v) is 1.59. The highest BCUT2D eigenvalue weighted by Crippen LogP contribution is 2.36. The van der Waals surface area contributed by atoms with Crippen molar-refractivity contribution >= 4 is 61.9 Å². The van der Waals surface area contributed by atoms with E-state index in [1.165, 1.54) is 0 Å². The highest BCUT2D eigenvalue weighted by Gasteiger charge is 2.27. The van der Waals surface area contributed by atoms with Crippen molar-refractivity contribution in [2.24, 2.45) is 0 Å². The fourth-order valence-electron chi connectivity index (χ4n) is 1.00. The highest BCUT2D eigenvalue weighted by atomic mass is 79.9. The van der Waals surface area contributed by atoms with Crippen LogP contribution in [0.3, 0.4) is 0 Å². The van der Waals surface area contributed by atoms with E-state index in [4.69, 9.17) is 34.8 Å². The highest BCUT2D eigenvalue weighted by molar-refractivity contribution is 9.10. The van der Waals surface area contributed by atoms with E-state index in [1.54, 1.807) is 12.3 Å². The van der Waals surface area contributed by atoms with Gasteiger partial charge in [0.15, 0.2) is 11.5 Å². The number of nitrogens with one attached hydrogen (secondary N) is 1. The molecule has 2 heterocycles. The predicted octanol–water partition coefficient (Wildman–Crippen LogP) is 3.55. The Morgan fingerprint density at radius 3 is 2.71 bits per heavy atom. The summed E-state index contributed by atoms with van der Waals surface area (Å²) in [5.74, 6) is 0.267. The summed E-state index contributed by atoms with van der Waals surface area (Å²) in [4.78, 5) is 11.0. The summed E-state index contributed by atoms with van der Waals surface area (Å²) in [6.45, 7) is 0. The van der Waals surface area contributed by atoms with Crippen molar-refractivity contribution in [1.29, 1.82) is 0 Å².